The van der Waals surface area contributed by atoms with Crippen LogP contribution in [0, 0.1) is 0 Å². The molecule has 1 aromatic heterocycles. The summed E-state index contributed by atoms with van der Waals surface area (Å²) in [7, 11) is 0. The molecule has 25 heavy (non-hydrogen) atoms. The van der Waals surface area contributed by atoms with Gasteiger partial charge in [-0.3, -0.25) is 4.79 Å². The number of ether oxygens (including phenoxy) is 1. The van der Waals surface area contributed by atoms with Gasteiger partial charge in [0.2, 0.25) is 0 Å². The quantitative estimate of drug-likeness (QED) is 0.578. The molecule has 0 N–H and O–H groups in total. The molecule has 3 rings (SSSR count). The van der Waals surface area contributed by atoms with E-state index in [2.05, 4.69) is 22.0 Å². The Morgan fingerprint density at radius 3 is 2.72 bits per heavy atom. The van der Waals surface area contributed by atoms with Crippen molar-refractivity contribution in [2.45, 2.75) is 26.0 Å². The van der Waals surface area contributed by atoms with Gasteiger partial charge in [-0.15, -0.1) is 0 Å². The molecule has 0 bridgehead atoms. The first-order valence-electron chi connectivity index (χ1n) is 8.02. The Labute approximate surface area is 154 Å². The number of hydrogen-bond donors (Lipinski definition) is 0. The van der Waals surface area contributed by atoms with E-state index >= 15 is 0 Å². The van der Waals surface area contributed by atoms with Crippen LogP contribution in [0.15, 0.2) is 51.6 Å². The first kappa shape index (κ1) is 17.5. The monoisotopic (exact) mass is 403 g/mol. The summed E-state index contributed by atoms with van der Waals surface area (Å²) in [5, 5.41) is 0. The number of furan rings is 1. The van der Waals surface area contributed by atoms with Crippen molar-refractivity contribution in [2.24, 2.45) is 0 Å². The van der Waals surface area contributed by atoms with Gasteiger partial charge in [-0.05, 0) is 58.6 Å². The van der Waals surface area contributed by atoms with Crippen molar-refractivity contribution in [1.29, 1.82) is 0 Å². The van der Waals surface area contributed by atoms with E-state index in [1.165, 1.54) is 17.7 Å². The number of halogens is 1. The first-order valence-corrected chi connectivity index (χ1v) is 8.82. The average Bonchev–Trinajstić information content (AvgIpc) is 3.04. The zero-order valence-electron chi connectivity index (χ0n) is 13.8. The topological polar surface area (TPSA) is 59.8 Å². The van der Waals surface area contributed by atoms with Crippen molar-refractivity contribution in [3.8, 4) is 0 Å². The summed E-state index contributed by atoms with van der Waals surface area (Å²) in [5.74, 6) is -0.238. The van der Waals surface area contributed by atoms with Crippen LogP contribution >= 0.6 is 15.9 Å². The Morgan fingerprint density at radius 1 is 1.24 bits per heavy atom. The highest BCUT2D eigenvalue weighted by Gasteiger charge is 2.26. The van der Waals surface area contributed by atoms with Gasteiger partial charge in [0.1, 0.15) is 5.76 Å². The van der Waals surface area contributed by atoms with Crippen LogP contribution in [0.5, 0.6) is 0 Å². The molecule has 130 valence electrons. The largest absolute Gasteiger partial charge is 0.450 e. The summed E-state index contributed by atoms with van der Waals surface area (Å²) in [6.07, 6.45) is 2.74. The minimum Gasteiger partial charge on any atom is -0.450 e. The number of carbonyl (C=O) groups excluding carboxylic acids is 2. The van der Waals surface area contributed by atoms with Gasteiger partial charge in [0, 0.05) is 19.2 Å². The predicted octanol–water partition coefficient (Wildman–Crippen LogP) is 3.57. The lowest BCUT2D eigenvalue weighted by molar-refractivity contribution is -0.155. The highest BCUT2D eigenvalue weighted by molar-refractivity contribution is 9.10. The summed E-state index contributed by atoms with van der Waals surface area (Å²) in [6.45, 7) is 2.78. The Kier molecular flexibility index (Phi) is 5.38. The van der Waals surface area contributed by atoms with Crippen molar-refractivity contribution in [2.75, 3.05) is 6.54 Å². The normalized spacial score (nSPS) is 15.0. The summed E-state index contributed by atoms with van der Waals surface area (Å²) < 4.78 is 11.1. The Bertz CT molecular complexity index is 811. The van der Waals surface area contributed by atoms with Crippen molar-refractivity contribution >= 4 is 33.9 Å². The number of hydrogen-bond acceptors (Lipinski definition) is 4. The van der Waals surface area contributed by atoms with E-state index in [1.807, 2.05) is 18.2 Å². The zero-order valence-corrected chi connectivity index (χ0v) is 15.4. The minimum absolute atomic E-state index is 0.183. The summed E-state index contributed by atoms with van der Waals surface area (Å²) in [4.78, 5) is 26.1. The number of fused-ring (bicyclic) bond motifs is 1. The number of nitrogens with zero attached hydrogens (tertiary/aromatic N) is 1. The maximum atomic E-state index is 12.5. The number of esters is 1. The van der Waals surface area contributed by atoms with Crippen LogP contribution in [0.25, 0.3) is 6.08 Å². The smallest absolute Gasteiger partial charge is 0.331 e. The summed E-state index contributed by atoms with van der Waals surface area (Å²) >= 11 is 3.19. The number of amides is 1. The number of benzene rings is 1. The molecule has 6 heteroatoms. The number of rotatable bonds is 4. The van der Waals surface area contributed by atoms with Gasteiger partial charge >= 0.3 is 5.97 Å². The number of carbonyl (C=O) groups is 2. The second-order valence-electron chi connectivity index (χ2n) is 5.83. The van der Waals surface area contributed by atoms with E-state index in [9.17, 15) is 9.59 Å². The standard InChI is InChI=1S/C19H18BrNO4/c1-13(24-18(22)9-7-16-6-8-17(20)25-16)19(23)21-11-10-14-4-2-3-5-15(14)12-21/h2-9,13H,10-12H2,1H3/b9-7+/t13-/m1/s1. The van der Waals surface area contributed by atoms with E-state index < -0.39 is 12.1 Å². The maximum Gasteiger partial charge on any atom is 0.331 e. The third-order valence-electron chi connectivity index (χ3n) is 4.06. The molecule has 0 spiro atoms. The molecule has 1 aliphatic heterocycles. The molecule has 1 amide bonds. The van der Waals surface area contributed by atoms with E-state index in [-0.39, 0.29) is 5.91 Å². The molecule has 0 saturated carbocycles. The molecule has 2 heterocycles. The van der Waals surface area contributed by atoms with Crippen LogP contribution in [0.2, 0.25) is 0 Å². The fourth-order valence-corrected chi connectivity index (χ4v) is 3.09. The molecule has 0 fully saturated rings. The van der Waals surface area contributed by atoms with Crippen molar-refractivity contribution in [3.63, 3.8) is 0 Å². The van der Waals surface area contributed by atoms with Gasteiger partial charge in [0.05, 0.1) is 0 Å². The molecule has 5 nitrogen and oxygen atoms in total. The lowest BCUT2D eigenvalue weighted by Crippen LogP contribution is -2.42. The van der Waals surface area contributed by atoms with Gasteiger partial charge in [-0.2, -0.15) is 0 Å². The molecule has 2 aromatic rings. The van der Waals surface area contributed by atoms with Crippen molar-refractivity contribution in [3.05, 3.63) is 64.0 Å². The van der Waals surface area contributed by atoms with E-state index in [4.69, 9.17) is 9.15 Å². The van der Waals surface area contributed by atoms with Crippen molar-refractivity contribution in [1.82, 2.24) is 4.90 Å². The van der Waals surface area contributed by atoms with Gasteiger partial charge < -0.3 is 14.1 Å². The third-order valence-corrected chi connectivity index (χ3v) is 4.49. The molecule has 0 unspecified atom stereocenters. The fourth-order valence-electron chi connectivity index (χ4n) is 2.77. The van der Waals surface area contributed by atoms with Gasteiger partial charge in [0.15, 0.2) is 10.8 Å². The summed E-state index contributed by atoms with van der Waals surface area (Å²) in [5.41, 5.74) is 2.41. The van der Waals surface area contributed by atoms with Crippen LogP contribution in [0.1, 0.15) is 23.8 Å². The van der Waals surface area contributed by atoms with Gasteiger partial charge in [-0.1, -0.05) is 24.3 Å². The lowest BCUT2D eigenvalue weighted by atomic mass is 9.99. The molecular formula is C19H18BrNO4. The molecular weight excluding hydrogens is 386 g/mol. The molecule has 1 aromatic carbocycles. The highest BCUT2D eigenvalue weighted by atomic mass is 79.9. The third kappa shape index (κ3) is 4.39. The Hall–Kier alpha value is -2.34. The van der Waals surface area contributed by atoms with Crippen LogP contribution in [0.4, 0.5) is 0 Å². The molecule has 1 atom stereocenters. The fraction of sp³-hybridized carbons (Fsp3) is 0.263. The molecule has 1 aliphatic rings. The van der Waals surface area contributed by atoms with Crippen LogP contribution in [-0.4, -0.2) is 29.4 Å². The SMILES string of the molecule is C[C@@H](OC(=O)/C=C/c1ccc(Br)o1)C(=O)N1CCc2ccccc2C1. The second-order valence-corrected chi connectivity index (χ2v) is 6.61. The van der Waals surface area contributed by atoms with Crippen LogP contribution < -0.4 is 0 Å². The van der Waals surface area contributed by atoms with Crippen LogP contribution in [-0.2, 0) is 27.3 Å². The van der Waals surface area contributed by atoms with E-state index in [1.54, 1.807) is 24.0 Å². The zero-order chi connectivity index (χ0) is 17.8. The maximum absolute atomic E-state index is 12.5. The molecule has 0 saturated heterocycles. The predicted molar refractivity (Wildman–Crippen MR) is 96.6 cm³/mol. The van der Waals surface area contributed by atoms with Crippen LogP contribution in [0.3, 0.4) is 0 Å². The Morgan fingerprint density at radius 2 is 2.00 bits per heavy atom. The van der Waals surface area contributed by atoms with Gasteiger partial charge in [-0.25, -0.2) is 4.79 Å². The summed E-state index contributed by atoms with van der Waals surface area (Å²) in [6, 6.07) is 11.5. The second kappa shape index (κ2) is 7.70. The lowest BCUT2D eigenvalue weighted by Gasteiger charge is -2.30. The first-order chi connectivity index (χ1) is 12.0. The molecule has 0 aliphatic carbocycles. The Balaban J connectivity index is 1.56. The molecule has 0 radical (unpaired) electrons. The van der Waals surface area contributed by atoms with Crippen molar-refractivity contribution < 1.29 is 18.7 Å². The van der Waals surface area contributed by atoms with E-state index in [0.717, 1.165) is 12.0 Å². The average molecular weight is 404 g/mol. The van der Waals surface area contributed by atoms with E-state index in [0.29, 0.717) is 23.5 Å². The minimum atomic E-state index is -0.828. The highest BCUT2D eigenvalue weighted by Crippen LogP contribution is 2.19. The van der Waals surface area contributed by atoms with Gasteiger partial charge in [0.25, 0.3) is 5.91 Å².